The minimum absolute atomic E-state index is 0.0926. The van der Waals surface area contributed by atoms with Gasteiger partial charge >= 0.3 is 6.18 Å². The van der Waals surface area contributed by atoms with Gasteiger partial charge in [-0.05, 0) is 0 Å². The van der Waals surface area contributed by atoms with Crippen LogP contribution in [-0.4, -0.2) is 9.67 Å². The van der Waals surface area contributed by atoms with Crippen LogP contribution in [0.2, 0.25) is 0 Å². The molecule has 0 unspecified atom stereocenters. The van der Waals surface area contributed by atoms with Gasteiger partial charge in [-0.1, -0.05) is 0 Å². The van der Waals surface area contributed by atoms with E-state index in [2.05, 4.69) is 0 Å². The molecule has 1 aromatic heterocycles. The van der Waals surface area contributed by atoms with Crippen LogP contribution in [0.5, 0.6) is 0 Å². The molecule has 1 N–H and O–H groups in total. The molecular formula is C7H8F3NO. The van der Waals surface area contributed by atoms with Crippen LogP contribution < -0.4 is 0 Å². The SMILES string of the molecule is Cn1cc(CO)c(C(F)(F)F)c1. The van der Waals surface area contributed by atoms with Gasteiger partial charge in [-0.25, -0.2) is 0 Å². The maximum absolute atomic E-state index is 12.1. The van der Waals surface area contributed by atoms with Crippen molar-refractivity contribution in [3.63, 3.8) is 0 Å². The van der Waals surface area contributed by atoms with Gasteiger partial charge in [-0.15, -0.1) is 0 Å². The monoisotopic (exact) mass is 179 g/mol. The molecule has 0 spiro atoms. The molecule has 0 fully saturated rings. The Morgan fingerprint density at radius 2 is 2.00 bits per heavy atom. The van der Waals surface area contributed by atoms with Crippen LogP contribution in [-0.2, 0) is 19.8 Å². The summed E-state index contributed by atoms with van der Waals surface area (Å²) in [6.45, 7) is -0.588. The van der Waals surface area contributed by atoms with Crippen molar-refractivity contribution in [1.29, 1.82) is 0 Å². The Hall–Kier alpha value is -0.970. The van der Waals surface area contributed by atoms with Gasteiger partial charge < -0.3 is 9.67 Å². The van der Waals surface area contributed by atoms with Gasteiger partial charge in [-0.2, -0.15) is 13.2 Å². The molecule has 0 radical (unpaired) electrons. The van der Waals surface area contributed by atoms with E-state index in [4.69, 9.17) is 5.11 Å². The summed E-state index contributed by atoms with van der Waals surface area (Å²) in [5, 5.41) is 8.58. The number of aliphatic hydroxyl groups excluding tert-OH is 1. The van der Waals surface area contributed by atoms with Gasteiger partial charge in [0, 0.05) is 25.0 Å². The molecule has 0 saturated carbocycles. The standard InChI is InChI=1S/C7H8F3NO/c1-11-2-5(4-12)6(3-11)7(8,9)10/h2-3,12H,4H2,1H3. The number of alkyl halides is 3. The molecule has 0 aromatic carbocycles. The highest BCUT2D eigenvalue weighted by Gasteiger charge is 2.34. The average molecular weight is 179 g/mol. The Bertz CT molecular complexity index is 277. The largest absolute Gasteiger partial charge is 0.418 e. The van der Waals surface area contributed by atoms with Crippen molar-refractivity contribution in [3.05, 3.63) is 23.5 Å². The van der Waals surface area contributed by atoms with Gasteiger partial charge in [0.05, 0.1) is 12.2 Å². The zero-order valence-electron chi connectivity index (χ0n) is 6.39. The lowest BCUT2D eigenvalue weighted by Gasteiger charge is -2.04. The number of aryl methyl sites for hydroxylation is 1. The highest BCUT2D eigenvalue weighted by atomic mass is 19.4. The van der Waals surface area contributed by atoms with Gasteiger partial charge in [0.15, 0.2) is 0 Å². The lowest BCUT2D eigenvalue weighted by atomic mass is 10.2. The van der Waals surface area contributed by atoms with Crippen molar-refractivity contribution < 1.29 is 18.3 Å². The summed E-state index contributed by atoms with van der Waals surface area (Å²) in [4.78, 5) is 0. The first-order valence-corrected chi connectivity index (χ1v) is 3.28. The summed E-state index contributed by atoms with van der Waals surface area (Å²) < 4.78 is 37.6. The predicted octanol–water partition coefficient (Wildman–Crippen LogP) is 1.54. The predicted molar refractivity (Wildman–Crippen MR) is 36.3 cm³/mol. The van der Waals surface area contributed by atoms with E-state index in [1.807, 2.05) is 0 Å². The summed E-state index contributed by atoms with van der Waals surface area (Å²) in [6, 6.07) is 0. The van der Waals surface area contributed by atoms with E-state index < -0.39 is 18.3 Å². The van der Waals surface area contributed by atoms with E-state index in [0.29, 0.717) is 0 Å². The van der Waals surface area contributed by atoms with E-state index in [-0.39, 0.29) is 5.56 Å². The number of rotatable bonds is 1. The van der Waals surface area contributed by atoms with E-state index in [1.54, 1.807) is 0 Å². The van der Waals surface area contributed by atoms with Crippen molar-refractivity contribution in [3.8, 4) is 0 Å². The van der Waals surface area contributed by atoms with Gasteiger partial charge in [-0.3, -0.25) is 0 Å². The van der Waals surface area contributed by atoms with Crippen molar-refractivity contribution in [2.75, 3.05) is 0 Å². The third-order valence-electron chi connectivity index (χ3n) is 1.51. The maximum Gasteiger partial charge on any atom is 0.418 e. The number of hydrogen-bond donors (Lipinski definition) is 1. The van der Waals surface area contributed by atoms with Crippen molar-refractivity contribution in [2.45, 2.75) is 12.8 Å². The maximum atomic E-state index is 12.1. The third kappa shape index (κ3) is 1.61. The fraction of sp³-hybridized carbons (Fsp3) is 0.429. The molecule has 1 rings (SSSR count). The normalized spacial score (nSPS) is 12.1. The number of halogens is 3. The Morgan fingerprint density at radius 3 is 2.33 bits per heavy atom. The summed E-state index contributed by atoms with van der Waals surface area (Å²) in [6.07, 6.45) is -2.17. The minimum Gasteiger partial charge on any atom is -0.392 e. The number of aromatic nitrogens is 1. The van der Waals surface area contributed by atoms with Crippen molar-refractivity contribution >= 4 is 0 Å². The summed E-state index contributed by atoms with van der Waals surface area (Å²) >= 11 is 0. The molecule has 2 nitrogen and oxygen atoms in total. The Kier molecular flexibility index (Phi) is 2.14. The van der Waals surface area contributed by atoms with E-state index in [1.165, 1.54) is 17.8 Å². The second-order valence-electron chi connectivity index (χ2n) is 2.52. The van der Waals surface area contributed by atoms with Gasteiger partial charge in [0.2, 0.25) is 0 Å². The first kappa shape index (κ1) is 9.12. The molecule has 5 heteroatoms. The average Bonchev–Trinajstić information content (AvgIpc) is 2.29. The smallest absolute Gasteiger partial charge is 0.392 e. The van der Waals surface area contributed by atoms with Crippen molar-refractivity contribution in [2.24, 2.45) is 7.05 Å². The molecule has 1 aromatic rings. The summed E-state index contributed by atoms with van der Waals surface area (Å²) in [5.41, 5.74) is -0.863. The zero-order valence-corrected chi connectivity index (χ0v) is 6.39. The topological polar surface area (TPSA) is 25.2 Å². The molecule has 0 atom stereocenters. The second kappa shape index (κ2) is 2.82. The molecular weight excluding hydrogens is 171 g/mol. The highest BCUT2D eigenvalue weighted by Crippen LogP contribution is 2.32. The van der Waals surface area contributed by atoms with E-state index >= 15 is 0 Å². The fourth-order valence-electron chi connectivity index (χ4n) is 1.02. The van der Waals surface area contributed by atoms with E-state index in [0.717, 1.165) is 6.20 Å². The highest BCUT2D eigenvalue weighted by molar-refractivity contribution is 5.26. The van der Waals surface area contributed by atoms with Crippen LogP contribution in [0.25, 0.3) is 0 Å². The lowest BCUT2D eigenvalue weighted by molar-refractivity contribution is -0.138. The van der Waals surface area contributed by atoms with Crippen LogP contribution in [0.1, 0.15) is 11.1 Å². The van der Waals surface area contributed by atoms with Crippen LogP contribution in [0.3, 0.4) is 0 Å². The molecule has 0 bridgehead atoms. The molecule has 0 saturated heterocycles. The summed E-state index contributed by atoms with van der Waals surface area (Å²) in [7, 11) is 1.48. The Labute approximate surface area is 67.2 Å². The fourth-order valence-corrected chi connectivity index (χ4v) is 1.02. The molecule has 12 heavy (non-hydrogen) atoms. The van der Waals surface area contributed by atoms with Crippen LogP contribution in [0, 0.1) is 0 Å². The quantitative estimate of drug-likeness (QED) is 0.694. The number of aliphatic hydroxyl groups is 1. The minimum atomic E-state index is -4.38. The summed E-state index contributed by atoms with van der Waals surface area (Å²) in [5.74, 6) is 0. The van der Waals surface area contributed by atoms with Crippen LogP contribution >= 0.6 is 0 Å². The Morgan fingerprint density at radius 1 is 1.42 bits per heavy atom. The molecule has 0 aliphatic rings. The van der Waals surface area contributed by atoms with Gasteiger partial charge in [0.1, 0.15) is 0 Å². The van der Waals surface area contributed by atoms with E-state index in [9.17, 15) is 13.2 Å². The first-order chi connectivity index (χ1) is 5.45. The second-order valence-corrected chi connectivity index (χ2v) is 2.52. The number of hydrogen-bond acceptors (Lipinski definition) is 1. The van der Waals surface area contributed by atoms with Crippen molar-refractivity contribution in [1.82, 2.24) is 4.57 Å². The first-order valence-electron chi connectivity index (χ1n) is 3.28. The Balaban J connectivity index is 3.13. The molecule has 1 heterocycles. The molecule has 0 amide bonds. The molecule has 0 aliphatic heterocycles. The number of nitrogens with zero attached hydrogens (tertiary/aromatic N) is 1. The third-order valence-corrected chi connectivity index (χ3v) is 1.51. The van der Waals surface area contributed by atoms with Crippen LogP contribution in [0.4, 0.5) is 13.2 Å². The molecule has 0 aliphatic carbocycles. The van der Waals surface area contributed by atoms with Crippen LogP contribution in [0.15, 0.2) is 12.4 Å². The lowest BCUT2D eigenvalue weighted by Crippen LogP contribution is -2.06. The van der Waals surface area contributed by atoms with Gasteiger partial charge in [0.25, 0.3) is 0 Å². The molecule has 68 valence electrons. The zero-order chi connectivity index (χ0) is 9.35.